The first-order valence-corrected chi connectivity index (χ1v) is 7.46. The Balaban J connectivity index is 4.08. The molecule has 0 heterocycles. The van der Waals surface area contributed by atoms with E-state index in [1.165, 1.54) is 12.8 Å². The molecule has 5 nitrogen and oxygen atoms in total. The lowest BCUT2D eigenvalue weighted by Gasteiger charge is -2.28. The van der Waals surface area contributed by atoms with Gasteiger partial charge in [0.15, 0.2) is 6.10 Å². The van der Waals surface area contributed by atoms with Crippen LogP contribution in [0.4, 0.5) is 0 Å². The van der Waals surface area contributed by atoms with Crippen LogP contribution in [0, 0.1) is 0 Å². The summed E-state index contributed by atoms with van der Waals surface area (Å²) >= 11 is 0. The molecule has 1 unspecified atom stereocenters. The maximum Gasteiger partial charge on any atom is 0.307 e. The molecule has 0 fully saturated rings. The molecule has 1 N–H and O–H groups in total. The largest absolute Gasteiger partial charge is 0.481 e. The topological polar surface area (TPSA) is 63.6 Å². The lowest BCUT2D eigenvalue weighted by Crippen LogP contribution is -2.43. The molecular weight excluding hydrogens is 258 g/mol. The number of carbonyl (C=O) groups is 2. The van der Waals surface area contributed by atoms with Gasteiger partial charge >= 0.3 is 11.9 Å². The minimum atomic E-state index is -0.931. The maximum absolute atomic E-state index is 11.7. The first-order valence-electron chi connectivity index (χ1n) is 7.46. The quantitative estimate of drug-likeness (QED) is 0.360. The van der Waals surface area contributed by atoms with E-state index >= 15 is 0 Å². The van der Waals surface area contributed by atoms with E-state index in [0.717, 1.165) is 19.3 Å². The number of aliphatic carboxylic acids is 1. The Morgan fingerprint density at radius 1 is 1.10 bits per heavy atom. The van der Waals surface area contributed by atoms with Gasteiger partial charge in [0.2, 0.25) is 0 Å². The van der Waals surface area contributed by atoms with Crippen molar-refractivity contribution in [3.05, 3.63) is 0 Å². The van der Waals surface area contributed by atoms with Crippen molar-refractivity contribution in [2.45, 2.75) is 58.0 Å². The Bertz CT molecular complexity index is 297. The van der Waals surface area contributed by atoms with Crippen LogP contribution in [-0.2, 0) is 14.3 Å². The van der Waals surface area contributed by atoms with Crippen LogP contribution in [0.25, 0.3) is 0 Å². The number of likely N-dealkylation sites (N-methyl/N-ethyl adjacent to an activating group) is 1. The molecule has 0 aliphatic rings. The number of rotatable bonds is 11. The third-order valence-electron chi connectivity index (χ3n) is 2.94. The predicted molar refractivity (Wildman–Crippen MR) is 78.4 cm³/mol. The number of nitrogens with zero attached hydrogens (tertiary/aromatic N) is 1. The van der Waals surface area contributed by atoms with Gasteiger partial charge in [0.05, 0.1) is 27.6 Å². The fourth-order valence-corrected chi connectivity index (χ4v) is 2.07. The normalized spacial score (nSPS) is 13.0. The lowest BCUT2D eigenvalue weighted by atomic mass is 10.1. The van der Waals surface area contributed by atoms with Gasteiger partial charge in [-0.3, -0.25) is 9.59 Å². The molecule has 0 saturated carbocycles. The molecule has 0 bridgehead atoms. The molecule has 0 aromatic rings. The number of carboxylic acids is 1. The molecule has 0 aromatic heterocycles. The van der Waals surface area contributed by atoms with E-state index in [0.29, 0.717) is 17.4 Å². The summed E-state index contributed by atoms with van der Waals surface area (Å²) < 4.78 is 5.88. The number of hydrogen-bond donors (Lipinski definition) is 1. The van der Waals surface area contributed by atoms with Gasteiger partial charge in [0.1, 0.15) is 6.54 Å². The monoisotopic (exact) mass is 288 g/mol. The van der Waals surface area contributed by atoms with E-state index in [4.69, 9.17) is 9.84 Å². The molecule has 0 spiro atoms. The SMILES string of the molecule is CCCCCCCC(=O)OC(CC(=O)O)C[N+](C)(C)C. The van der Waals surface area contributed by atoms with Gasteiger partial charge < -0.3 is 14.3 Å². The van der Waals surface area contributed by atoms with E-state index in [1.807, 2.05) is 21.1 Å². The summed E-state index contributed by atoms with van der Waals surface area (Å²) in [5.74, 6) is -1.21. The third-order valence-corrected chi connectivity index (χ3v) is 2.94. The summed E-state index contributed by atoms with van der Waals surface area (Å²) in [5, 5.41) is 8.87. The average Bonchev–Trinajstić information content (AvgIpc) is 2.25. The van der Waals surface area contributed by atoms with Crippen LogP contribution < -0.4 is 0 Å². The van der Waals surface area contributed by atoms with Gasteiger partial charge in [-0.15, -0.1) is 0 Å². The number of hydrogen-bond acceptors (Lipinski definition) is 3. The van der Waals surface area contributed by atoms with Crippen molar-refractivity contribution in [2.75, 3.05) is 27.7 Å². The van der Waals surface area contributed by atoms with Gasteiger partial charge in [-0.05, 0) is 6.42 Å². The Labute approximate surface area is 122 Å². The minimum Gasteiger partial charge on any atom is -0.481 e. The summed E-state index contributed by atoms with van der Waals surface area (Å²) in [4.78, 5) is 22.5. The number of carboxylic acid groups (broad SMARTS) is 1. The Morgan fingerprint density at radius 3 is 2.20 bits per heavy atom. The zero-order valence-corrected chi connectivity index (χ0v) is 13.4. The number of carbonyl (C=O) groups excluding carboxylic acids is 1. The second kappa shape index (κ2) is 9.75. The van der Waals surface area contributed by atoms with Crippen molar-refractivity contribution in [3.63, 3.8) is 0 Å². The Hall–Kier alpha value is -1.10. The maximum atomic E-state index is 11.7. The smallest absolute Gasteiger partial charge is 0.307 e. The van der Waals surface area contributed by atoms with Gasteiger partial charge in [-0.1, -0.05) is 32.6 Å². The first kappa shape index (κ1) is 18.9. The highest BCUT2D eigenvalue weighted by molar-refractivity contribution is 5.71. The molecule has 118 valence electrons. The highest BCUT2D eigenvalue weighted by atomic mass is 16.5. The van der Waals surface area contributed by atoms with Crippen LogP contribution in [0.5, 0.6) is 0 Å². The highest BCUT2D eigenvalue weighted by Gasteiger charge is 2.24. The second-order valence-electron chi connectivity index (χ2n) is 6.35. The van der Waals surface area contributed by atoms with Crippen molar-refractivity contribution in [3.8, 4) is 0 Å². The molecule has 0 radical (unpaired) electrons. The van der Waals surface area contributed by atoms with Crippen LogP contribution >= 0.6 is 0 Å². The summed E-state index contributed by atoms with van der Waals surface area (Å²) in [5.41, 5.74) is 0. The van der Waals surface area contributed by atoms with Crippen LogP contribution in [0.3, 0.4) is 0 Å². The average molecular weight is 288 g/mol. The summed E-state index contributed by atoms with van der Waals surface area (Å²) in [7, 11) is 5.86. The van der Waals surface area contributed by atoms with E-state index < -0.39 is 12.1 Å². The van der Waals surface area contributed by atoms with E-state index in [-0.39, 0.29) is 12.4 Å². The predicted octanol–water partition coefficient (Wildman–Crippen LogP) is 2.44. The van der Waals surface area contributed by atoms with Gasteiger partial charge in [-0.25, -0.2) is 0 Å². The number of ether oxygens (including phenoxy) is 1. The zero-order valence-electron chi connectivity index (χ0n) is 13.4. The molecule has 0 aromatic carbocycles. The third kappa shape index (κ3) is 12.0. The molecule has 0 aliphatic heterocycles. The molecule has 0 saturated heterocycles. The van der Waals surface area contributed by atoms with E-state index in [2.05, 4.69) is 6.92 Å². The number of unbranched alkanes of at least 4 members (excludes halogenated alkanes) is 4. The summed E-state index contributed by atoms with van der Waals surface area (Å²) in [6.07, 6.45) is 5.07. The van der Waals surface area contributed by atoms with Crippen molar-refractivity contribution >= 4 is 11.9 Å². The lowest BCUT2D eigenvalue weighted by molar-refractivity contribution is -0.873. The van der Waals surface area contributed by atoms with Crippen LogP contribution in [0.2, 0.25) is 0 Å². The van der Waals surface area contributed by atoms with Crippen LogP contribution in [-0.4, -0.2) is 55.3 Å². The van der Waals surface area contributed by atoms with Gasteiger partial charge in [-0.2, -0.15) is 0 Å². The molecule has 0 aliphatic carbocycles. The van der Waals surface area contributed by atoms with Gasteiger partial charge in [0.25, 0.3) is 0 Å². The summed E-state index contributed by atoms with van der Waals surface area (Å²) in [6, 6.07) is 0. The molecular formula is C15H30NO4+. The van der Waals surface area contributed by atoms with Crippen molar-refractivity contribution < 1.29 is 23.9 Å². The van der Waals surface area contributed by atoms with Crippen molar-refractivity contribution in [1.82, 2.24) is 0 Å². The van der Waals surface area contributed by atoms with Crippen LogP contribution in [0.15, 0.2) is 0 Å². The molecule has 5 heteroatoms. The standard InChI is InChI=1S/C15H29NO4/c1-5-6-7-8-9-10-15(19)20-13(11-14(17)18)12-16(2,3)4/h13H,5-12H2,1-4H3/p+1. The Kier molecular flexibility index (Phi) is 9.21. The van der Waals surface area contributed by atoms with Crippen molar-refractivity contribution in [1.29, 1.82) is 0 Å². The first-order chi connectivity index (χ1) is 9.24. The minimum absolute atomic E-state index is 0.128. The van der Waals surface area contributed by atoms with Crippen LogP contribution in [0.1, 0.15) is 51.9 Å². The molecule has 0 rings (SSSR count). The Morgan fingerprint density at radius 2 is 1.70 bits per heavy atom. The zero-order chi connectivity index (χ0) is 15.6. The number of quaternary nitrogens is 1. The molecule has 20 heavy (non-hydrogen) atoms. The van der Waals surface area contributed by atoms with E-state index in [1.54, 1.807) is 0 Å². The molecule has 1 atom stereocenters. The second-order valence-corrected chi connectivity index (χ2v) is 6.35. The summed E-state index contributed by atoms with van der Waals surface area (Å²) in [6.45, 7) is 2.66. The molecule has 0 amide bonds. The number of esters is 1. The van der Waals surface area contributed by atoms with Gasteiger partial charge in [0, 0.05) is 6.42 Å². The fourth-order valence-electron chi connectivity index (χ4n) is 2.07. The van der Waals surface area contributed by atoms with Crippen molar-refractivity contribution in [2.24, 2.45) is 0 Å². The fraction of sp³-hybridized carbons (Fsp3) is 0.867. The van der Waals surface area contributed by atoms with E-state index in [9.17, 15) is 9.59 Å². The highest BCUT2D eigenvalue weighted by Crippen LogP contribution is 2.10.